The third kappa shape index (κ3) is 4.11. The van der Waals surface area contributed by atoms with E-state index in [2.05, 4.69) is 16.4 Å². The summed E-state index contributed by atoms with van der Waals surface area (Å²) < 4.78 is 0. The number of aromatic amines is 1. The molecule has 2 N–H and O–H groups in total. The molecule has 4 nitrogen and oxygen atoms in total. The molecule has 4 heteroatoms. The van der Waals surface area contributed by atoms with E-state index in [1.807, 2.05) is 78.9 Å². The highest BCUT2D eigenvalue weighted by Gasteiger charge is 2.23. The number of fused-ring (bicyclic) bond motifs is 1. The summed E-state index contributed by atoms with van der Waals surface area (Å²) >= 11 is 0. The van der Waals surface area contributed by atoms with Crippen LogP contribution in [0.2, 0.25) is 0 Å². The molecule has 0 fully saturated rings. The standard InChI is InChI=1S/C25H21N3O/c26-16-19-12-10-18(11-13-19)14-15-27-24(20-6-2-1-3-7-20)25(29)22-17-28-23-9-5-4-8-21(22)23/h1-13,17,24,27-28H,14-15H2. The zero-order valence-electron chi connectivity index (χ0n) is 15.9. The second-order valence-electron chi connectivity index (χ2n) is 6.97. The molecule has 1 atom stereocenters. The van der Waals surface area contributed by atoms with Crippen molar-refractivity contribution >= 4 is 16.7 Å². The van der Waals surface area contributed by atoms with Gasteiger partial charge in [-0.25, -0.2) is 0 Å². The minimum atomic E-state index is -0.422. The van der Waals surface area contributed by atoms with Crippen molar-refractivity contribution in [1.82, 2.24) is 10.3 Å². The number of H-pyrrole nitrogens is 1. The van der Waals surface area contributed by atoms with Crippen LogP contribution >= 0.6 is 0 Å². The Hall–Kier alpha value is -3.68. The van der Waals surface area contributed by atoms with E-state index >= 15 is 0 Å². The molecule has 0 saturated carbocycles. The van der Waals surface area contributed by atoms with Gasteiger partial charge >= 0.3 is 0 Å². The molecule has 4 aromatic rings. The molecule has 0 amide bonds. The van der Waals surface area contributed by atoms with Crippen LogP contribution < -0.4 is 5.32 Å². The fraction of sp³-hybridized carbons (Fsp3) is 0.120. The van der Waals surface area contributed by atoms with Gasteiger partial charge in [0.15, 0.2) is 5.78 Å². The summed E-state index contributed by atoms with van der Waals surface area (Å²) in [7, 11) is 0. The van der Waals surface area contributed by atoms with Crippen molar-refractivity contribution in [2.24, 2.45) is 0 Å². The maximum atomic E-state index is 13.4. The van der Waals surface area contributed by atoms with Crippen molar-refractivity contribution in [3.05, 3.63) is 107 Å². The van der Waals surface area contributed by atoms with Crippen LogP contribution in [0.4, 0.5) is 0 Å². The predicted octanol–water partition coefficient (Wildman–Crippen LogP) is 4.80. The lowest BCUT2D eigenvalue weighted by atomic mass is 9.96. The lowest BCUT2D eigenvalue weighted by molar-refractivity contribution is 0.0945. The normalized spacial score (nSPS) is 11.8. The Labute approximate surface area is 169 Å². The molecule has 0 saturated heterocycles. The SMILES string of the molecule is N#Cc1ccc(CCNC(C(=O)c2c[nH]c3ccccc23)c2ccccc2)cc1. The van der Waals surface area contributed by atoms with Crippen LogP contribution in [-0.4, -0.2) is 17.3 Å². The van der Waals surface area contributed by atoms with Crippen molar-refractivity contribution in [3.8, 4) is 6.07 Å². The second kappa shape index (κ2) is 8.55. The molecule has 3 aromatic carbocycles. The third-order valence-corrected chi connectivity index (χ3v) is 5.09. The first kappa shape index (κ1) is 18.7. The highest BCUT2D eigenvalue weighted by Crippen LogP contribution is 2.24. The van der Waals surface area contributed by atoms with Gasteiger partial charge in [-0.15, -0.1) is 0 Å². The zero-order valence-corrected chi connectivity index (χ0v) is 15.9. The Morgan fingerprint density at radius 2 is 1.69 bits per heavy atom. The molecule has 0 spiro atoms. The number of carbonyl (C=O) groups excluding carboxylic acids is 1. The fourth-order valence-corrected chi connectivity index (χ4v) is 3.55. The molecule has 0 aliphatic carbocycles. The molecule has 0 bridgehead atoms. The molecular formula is C25H21N3O. The zero-order chi connectivity index (χ0) is 20.1. The summed E-state index contributed by atoms with van der Waals surface area (Å²) in [6, 6.07) is 26.9. The molecule has 29 heavy (non-hydrogen) atoms. The van der Waals surface area contributed by atoms with Gasteiger partial charge in [0.25, 0.3) is 0 Å². The third-order valence-electron chi connectivity index (χ3n) is 5.09. The van der Waals surface area contributed by atoms with Gasteiger partial charge in [0.2, 0.25) is 0 Å². The smallest absolute Gasteiger partial charge is 0.186 e. The van der Waals surface area contributed by atoms with E-state index in [-0.39, 0.29) is 5.78 Å². The Balaban J connectivity index is 1.55. The van der Waals surface area contributed by atoms with Crippen LogP contribution in [-0.2, 0) is 6.42 Å². The molecule has 1 heterocycles. The van der Waals surface area contributed by atoms with Crippen molar-refractivity contribution < 1.29 is 4.79 Å². The number of hydrogen-bond donors (Lipinski definition) is 2. The number of ketones is 1. The van der Waals surface area contributed by atoms with Gasteiger partial charge in [-0.2, -0.15) is 5.26 Å². The maximum absolute atomic E-state index is 13.4. The average Bonchev–Trinajstić information content (AvgIpc) is 3.21. The van der Waals surface area contributed by atoms with Gasteiger partial charge in [-0.05, 0) is 35.7 Å². The molecule has 0 aliphatic heterocycles. The molecule has 1 aromatic heterocycles. The van der Waals surface area contributed by atoms with Crippen LogP contribution in [0.25, 0.3) is 10.9 Å². The highest BCUT2D eigenvalue weighted by molar-refractivity contribution is 6.10. The van der Waals surface area contributed by atoms with Crippen LogP contribution in [0.3, 0.4) is 0 Å². The Kier molecular flexibility index (Phi) is 5.51. The number of rotatable bonds is 7. The molecular weight excluding hydrogens is 358 g/mol. The Morgan fingerprint density at radius 3 is 2.45 bits per heavy atom. The number of aromatic nitrogens is 1. The van der Waals surface area contributed by atoms with Gasteiger partial charge in [0.05, 0.1) is 17.7 Å². The van der Waals surface area contributed by atoms with Crippen LogP contribution in [0.15, 0.2) is 85.1 Å². The monoisotopic (exact) mass is 379 g/mol. The lowest BCUT2D eigenvalue weighted by Gasteiger charge is -2.18. The lowest BCUT2D eigenvalue weighted by Crippen LogP contribution is -2.30. The highest BCUT2D eigenvalue weighted by atomic mass is 16.1. The molecule has 0 radical (unpaired) electrons. The van der Waals surface area contributed by atoms with Crippen molar-refractivity contribution in [1.29, 1.82) is 5.26 Å². The van der Waals surface area contributed by atoms with E-state index in [9.17, 15) is 4.79 Å². The van der Waals surface area contributed by atoms with E-state index in [0.29, 0.717) is 17.7 Å². The van der Waals surface area contributed by atoms with E-state index in [1.165, 1.54) is 0 Å². The van der Waals surface area contributed by atoms with Crippen LogP contribution in [0, 0.1) is 11.3 Å². The molecule has 0 aliphatic rings. The second-order valence-corrected chi connectivity index (χ2v) is 6.97. The molecule has 1 unspecified atom stereocenters. The molecule has 4 rings (SSSR count). The number of Topliss-reactive ketones (excluding diaryl/α,β-unsaturated/α-hetero) is 1. The number of para-hydroxylation sites is 1. The number of nitriles is 1. The quantitative estimate of drug-likeness (QED) is 0.453. The summed E-state index contributed by atoms with van der Waals surface area (Å²) in [6.45, 7) is 0.652. The van der Waals surface area contributed by atoms with Gasteiger partial charge in [0.1, 0.15) is 0 Å². The largest absolute Gasteiger partial charge is 0.360 e. The topological polar surface area (TPSA) is 68.7 Å². The Morgan fingerprint density at radius 1 is 0.966 bits per heavy atom. The number of benzene rings is 3. The number of nitrogens with zero attached hydrogens (tertiary/aromatic N) is 1. The van der Waals surface area contributed by atoms with E-state index < -0.39 is 6.04 Å². The van der Waals surface area contributed by atoms with Gasteiger partial charge < -0.3 is 10.3 Å². The predicted molar refractivity (Wildman–Crippen MR) is 115 cm³/mol. The van der Waals surface area contributed by atoms with Crippen molar-refractivity contribution in [2.45, 2.75) is 12.5 Å². The number of nitrogens with one attached hydrogen (secondary N) is 2. The number of hydrogen-bond acceptors (Lipinski definition) is 3. The maximum Gasteiger partial charge on any atom is 0.186 e. The summed E-state index contributed by atoms with van der Waals surface area (Å²) in [5.74, 6) is 0.0495. The summed E-state index contributed by atoms with van der Waals surface area (Å²) in [6.07, 6.45) is 2.57. The van der Waals surface area contributed by atoms with Crippen LogP contribution in [0.5, 0.6) is 0 Å². The summed E-state index contributed by atoms with van der Waals surface area (Å²) in [5, 5.41) is 13.3. The van der Waals surface area contributed by atoms with Crippen LogP contribution in [0.1, 0.15) is 33.1 Å². The fourth-order valence-electron chi connectivity index (χ4n) is 3.55. The first-order chi connectivity index (χ1) is 14.3. The minimum absolute atomic E-state index is 0.0495. The van der Waals surface area contributed by atoms with Gasteiger partial charge in [0, 0.05) is 29.2 Å². The van der Waals surface area contributed by atoms with Crippen molar-refractivity contribution in [2.75, 3.05) is 6.54 Å². The van der Waals surface area contributed by atoms with Crippen molar-refractivity contribution in [3.63, 3.8) is 0 Å². The van der Waals surface area contributed by atoms with E-state index in [4.69, 9.17) is 5.26 Å². The van der Waals surface area contributed by atoms with E-state index in [1.54, 1.807) is 6.20 Å². The first-order valence-corrected chi connectivity index (χ1v) is 9.64. The first-order valence-electron chi connectivity index (χ1n) is 9.64. The average molecular weight is 379 g/mol. The summed E-state index contributed by atoms with van der Waals surface area (Å²) in [4.78, 5) is 16.6. The summed E-state index contributed by atoms with van der Waals surface area (Å²) in [5.41, 5.74) is 4.38. The number of carbonyl (C=O) groups is 1. The Bertz CT molecular complexity index is 1150. The van der Waals surface area contributed by atoms with E-state index in [0.717, 1.165) is 28.5 Å². The minimum Gasteiger partial charge on any atom is -0.360 e. The van der Waals surface area contributed by atoms with Gasteiger partial charge in [-0.3, -0.25) is 4.79 Å². The van der Waals surface area contributed by atoms with Gasteiger partial charge in [-0.1, -0.05) is 60.7 Å². The molecule has 142 valence electrons.